The Bertz CT molecular complexity index is 2100. The van der Waals surface area contributed by atoms with Gasteiger partial charge in [-0.2, -0.15) is 0 Å². The van der Waals surface area contributed by atoms with E-state index in [1.165, 1.54) is 32.3 Å². The van der Waals surface area contributed by atoms with Gasteiger partial charge in [0.05, 0.1) is 29.2 Å². The average molecular weight is 858 g/mol. The van der Waals surface area contributed by atoms with Crippen LogP contribution in [0.3, 0.4) is 0 Å². The summed E-state index contributed by atoms with van der Waals surface area (Å²) in [5.74, 6) is -10.8. The smallest absolute Gasteiger partial charge is 0.341 e. The number of fused-ring (bicyclic) bond motifs is 5. The van der Waals surface area contributed by atoms with E-state index in [1.807, 2.05) is 0 Å². The normalized spacial score (nSPS) is 35.4. The topological polar surface area (TPSA) is 266 Å². The Morgan fingerprint density at radius 3 is 2.05 bits per heavy atom. The highest BCUT2D eigenvalue weighted by molar-refractivity contribution is 5.91. The van der Waals surface area contributed by atoms with E-state index in [1.54, 1.807) is 6.07 Å². The minimum absolute atomic E-state index is 0.0163. The van der Waals surface area contributed by atoms with Crippen LogP contribution in [0.15, 0.2) is 41.5 Å². The fraction of sp³-hybridized carbons (Fsp3) is 0.585. The summed E-state index contributed by atoms with van der Waals surface area (Å²) in [5.41, 5.74) is -10.1. The molecule has 330 valence electrons. The van der Waals surface area contributed by atoms with Crippen molar-refractivity contribution in [3.05, 3.63) is 53.7 Å². The van der Waals surface area contributed by atoms with E-state index in [9.17, 15) is 43.5 Å². The molecule has 4 bridgehead atoms. The summed E-state index contributed by atoms with van der Waals surface area (Å²) in [7, 11) is 0. The first-order valence-corrected chi connectivity index (χ1v) is 19.4. The van der Waals surface area contributed by atoms with Gasteiger partial charge in [-0.25, -0.2) is 9.59 Å². The molecule has 2 aliphatic carbocycles. The zero-order valence-electron chi connectivity index (χ0n) is 34.7. The van der Waals surface area contributed by atoms with Crippen molar-refractivity contribution in [1.82, 2.24) is 4.98 Å². The number of rotatable bonds is 8. The molecule has 0 amide bonds. The number of ether oxygens (including phenoxy) is 9. The molecular weight excluding hydrogens is 810 g/mol. The third kappa shape index (κ3) is 7.59. The van der Waals surface area contributed by atoms with Crippen LogP contribution in [-0.2, 0) is 77.8 Å². The van der Waals surface area contributed by atoms with Crippen molar-refractivity contribution in [3.8, 4) is 0 Å². The van der Waals surface area contributed by atoms with Gasteiger partial charge in [0, 0.05) is 47.0 Å². The van der Waals surface area contributed by atoms with Crippen LogP contribution in [0.5, 0.6) is 0 Å². The van der Waals surface area contributed by atoms with Crippen LogP contribution in [-0.4, -0.2) is 124 Å². The summed E-state index contributed by atoms with van der Waals surface area (Å²) >= 11 is 0. The number of hydrogen-bond donors (Lipinski definition) is 1. The summed E-state index contributed by atoms with van der Waals surface area (Å²) in [5, 5.41) is 13.6. The molecule has 4 aliphatic rings. The molecule has 2 aromatic rings. The van der Waals surface area contributed by atoms with Gasteiger partial charge in [-0.15, -0.1) is 0 Å². The molecule has 1 saturated heterocycles. The summed E-state index contributed by atoms with van der Waals surface area (Å²) < 4.78 is 60.1. The summed E-state index contributed by atoms with van der Waals surface area (Å²) in [6.07, 6.45) is -7.21. The van der Waals surface area contributed by atoms with Crippen LogP contribution in [0.25, 0.3) is 0 Å². The number of aliphatic hydroxyl groups is 1. The number of pyridine rings is 1. The SMILES string of the molecule is CC(=O)OC[C@]12[C@H](OC(C)=O)[C@H](OC(C)=O)[C@@H]3[C@@H](OC(C)=O)[C@@]14OC3(C)COC(=O)c1cnccc1CCC(C)C(=O)O[C@@H]([C@H](OC(=O)c1ccoc1)[C@@H]2OC(C)=O)[C@]4(C)O. The quantitative estimate of drug-likeness (QED) is 0.293. The fourth-order valence-corrected chi connectivity index (χ4v) is 9.56. The zero-order chi connectivity index (χ0) is 44.8. The van der Waals surface area contributed by atoms with Crippen LogP contribution >= 0.6 is 0 Å². The molecule has 0 aromatic carbocycles. The Labute approximate surface area is 348 Å². The lowest BCUT2D eigenvalue weighted by atomic mass is 9.45. The third-order valence-corrected chi connectivity index (χ3v) is 11.9. The Kier molecular flexibility index (Phi) is 12.1. The Morgan fingerprint density at radius 1 is 0.836 bits per heavy atom. The maximum absolute atomic E-state index is 14.3. The van der Waals surface area contributed by atoms with Crippen LogP contribution in [0, 0.1) is 17.3 Å². The molecule has 2 saturated carbocycles. The Balaban J connectivity index is 1.77. The van der Waals surface area contributed by atoms with Crippen molar-refractivity contribution in [2.45, 2.75) is 122 Å². The molecule has 6 rings (SSSR count). The number of cyclic esters (lactones) is 1. The van der Waals surface area contributed by atoms with Gasteiger partial charge in [-0.3, -0.25) is 33.8 Å². The highest BCUT2D eigenvalue weighted by Gasteiger charge is 2.92. The maximum Gasteiger partial charge on any atom is 0.341 e. The Morgan fingerprint density at radius 2 is 1.46 bits per heavy atom. The van der Waals surface area contributed by atoms with Gasteiger partial charge in [0.25, 0.3) is 0 Å². The van der Waals surface area contributed by atoms with E-state index in [0.29, 0.717) is 5.56 Å². The first-order chi connectivity index (χ1) is 28.6. The van der Waals surface area contributed by atoms with E-state index >= 15 is 0 Å². The third-order valence-electron chi connectivity index (χ3n) is 11.9. The standard InChI is InChI=1S/C41H47NO19/c1-19-9-10-25-11-13-42-15-27(25)37(50)54-17-38(7)28-29(55-21(3)44)33(57-23(5)46)40(18-53-20(2)43)34(58-24(6)47)30(59-36(49)26-12-14-52-16-26)32(60-35(19)48)39(8,51)41(40,61-38)31(28)56-22(4)45/h11-16,19,28-34,51H,9-10,17-18H2,1-8H3/t19?,28-,29-,30+,31-,32+,33-,34+,38?,39+,40-,41+/m1/s1. The van der Waals surface area contributed by atoms with Crippen molar-refractivity contribution in [3.63, 3.8) is 0 Å². The minimum atomic E-state index is -2.87. The fourth-order valence-electron chi connectivity index (χ4n) is 9.56. The predicted octanol–water partition coefficient (Wildman–Crippen LogP) is 1.75. The summed E-state index contributed by atoms with van der Waals surface area (Å²) in [4.78, 5) is 113. The zero-order valence-corrected chi connectivity index (χ0v) is 34.7. The van der Waals surface area contributed by atoms with Gasteiger partial charge in [-0.1, -0.05) is 6.92 Å². The lowest BCUT2D eigenvalue weighted by Gasteiger charge is -2.67. The molecule has 1 N–H and O–H groups in total. The van der Waals surface area contributed by atoms with Gasteiger partial charge < -0.3 is 52.2 Å². The number of nitrogens with zero attached hydrogens (tertiary/aromatic N) is 1. The number of esters is 8. The first kappa shape index (κ1) is 44.7. The number of aryl methyl sites for hydroxylation is 1. The summed E-state index contributed by atoms with van der Waals surface area (Å²) in [6, 6.07) is 2.78. The number of hydrogen-bond acceptors (Lipinski definition) is 20. The average Bonchev–Trinajstić information content (AvgIpc) is 3.79. The van der Waals surface area contributed by atoms with Crippen molar-refractivity contribution in [1.29, 1.82) is 0 Å². The number of aromatic nitrogens is 1. The highest BCUT2D eigenvalue weighted by Crippen LogP contribution is 2.70. The van der Waals surface area contributed by atoms with Crippen LogP contribution in [0.1, 0.15) is 88.1 Å². The first-order valence-electron chi connectivity index (χ1n) is 19.4. The van der Waals surface area contributed by atoms with Gasteiger partial charge in [0.1, 0.15) is 48.3 Å². The van der Waals surface area contributed by atoms with Crippen LogP contribution in [0.2, 0.25) is 0 Å². The molecular formula is C41H47NO19. The number of carbonyl (C=O) groups is 8. The molecule has 12 atom stereocenters. The second kappa shape index (κ2) is 16.5. The molecule has 2 aromatic heterocycles. The molecule has 2 aliphatic heterocycles. The highest BCUT2D eigenvalue weighted by atomic mass is 16.7. The lowest BCUT2D eigenvalue weighted by molar-refractivity contribution is -0.386. The van der Waals surface area contributed by atoms with Gasteiger partial charge in [0.2, 0.25) is 0 Å². The molecule has 3 fully saturated rings. The van der Waals surface area contributed by atoms with Crippen molar-refractivity contribution >= 4 is 47.8 Å². The minimum Gasteiger partial charge on any atom is -0.472 e. The maximum atomic E-state index is 14.3. The van der Waals surface area contributed by atoms with Gasteiger partial charge >= 0.3 is 47.8 Å². The molecule has 61 heavy (non-hydrogen) atoms. The van der Waals surface area contributed by atoms with Crippen molar-refractivity contribution in [2.24, 2.45) is 17.3 Å². The van der Waals surface area contributed by atoms with E-state index < -0.39 is 132 Å². The second-order valence-electron chi connectivity index (χ2n) is 16.1. The monoisotopic (exact) mass is 857 g/mol. The molecule has 0 radical (unpaired) electrons. The van der Waals surface area contributed by atoms with Gasteiger partial charge in [0.15, 0.2) is 30.0 Å². The van der Waals surface area contributed by atoms with Crippen molar-refractivity contribution < 1.29 is 90.5 Å². The largest absolute Gasteiger partial charge is 0.472 e. The molecule has 4 heterocycles. The molecule has 20 heteroatoms. The van der Waals surface area contributed by atoms with E-state index in [2.05, 4.69) is 4.98 Å². The van der Waals surface area contributed by atoms with Crippen LogP contribution in [0.4, 0.5) is 0 Å². The Hall–Kier alpha value is -5.89. The molecule has 20 nitrogen and oxygen atoms in total. The number of carbonyl (C=O) groups excluding carboxylic acids is 8. The van der Waals surface area contributed by atoms with E-state index in [4.69, 9.17) is 47.0 Å². The lowest BCUT2D eigenvalue weighted by Crippen LogP contribution is -2.89. The molecule has 1 spiro atoms. The predicted molar refractivity (Wildman–Crippen MR) is 197 cm³/mol. The van der Waals surface area contributed by atoms with E-state index in [-0.39, 0.29) is 24.0 Å². The van der Waals surface area contributed by atoms with Gasteiger partial charge in [-0.05, 0) is 44.4 Å². The number of furan rings is 1. The second-order valence-corrected chi connectivity index (χ2v) is 16.1. The van der Waals surface area contributed by atoms with E-state index in [0.717, 1.165) is 54.1 Å². The van der Waals surface area contributed by atoms with Crippen LogP contribution < -0.4 is 0 Å². The summed E-state index contributed by atoms with van der Waals surface area (Å²) in [6.45, 7) is 7.06. The molecule has 2 unspecified atom stereocenters. The van der Waals surface area contributed by atoms with Crippen molar-refractivity contribution in [2.75, 3.05) is 13.2 Å².